The molecule has 134 valence electrons. The topological polar surface area (TPSA) is 76.5 Å². The number of halogens is 1. The lowest BCUT2D eigenvalue weighted by atomic mass is 10.3. The number of nitrogens with zero attached hydrogens (tertiary/aromatic N) is 3. The first kappa shape index (κ1) is 18.8. The van der Waals surface area contributed by atoms with E-state index in [2.05, 4.69) is 10.4 Å². The number of carbonyl (C=O) groups excluding carboxylic acids is 2. The van der Waals surface area contributed by atoms with Gasteiger partial charge in [0.2, 0.25) is 5.91 Å². The van der Waals surface area contributed by atoms with Crippen LogP contribution in [0.25, 0.3) is 5.69 Å². The van der Waals surface area contributed by atoms with Gasteiger partial charge in [-0.25, -0.2) is 4.68 Å². The monoisotopic (exact) mass is 364 g/mol. The molecule has 2 aromatic rings. The summed E-state index contributed by atoms with van der Waals surface area (Å²) in [4.78, 5) is 25.0. The highest BCUT2D eigenvalue weighted by Crippen LogP contribution is 2.24. The van der Waals surface area contributed by atoms with Gasteiger partial charge in [0.1, 0.15) is 5.02 Å². The van der Waals surface area contributed by atoms with E-state index in [-0.39, 0.29) is 30.7 Å². The quantitative estimate of drug-likeness (QED) is 0.814. The second-order valence-corrected chi connectivity index (χ2v) is 6.06. The van der Waals surface area contributed by atoms with Gasteiger partial charge in [-0.2, -0.15) is 0 Å². The van der Waals surface area contributed by atoms with Crippen LogP contribution in [0.3, 0.4) is 0 Å². The van der Waals surface area contributed by atoms with Crippen molar-refractivity contribution in [2.75, 3.05) is 20.6 Å². The van der Waals surface area contributed by atoms with Gasteiger partial charge in [-0.15, -0.1) is 5.10 Å². The van der Waals surface area contributed by atoms with Crippen LogP contribution >= 0.6 is 11.6 Å². The Labute approximate surface area is 151 Å². The predicted molar refractivity (Wildman–Crippen MR) is 95.0 cm³/mol. The molecule has 0 saturated carbocycles. The molecular weight excluding hydrogens is 344 g/mol. The predicted octanol–water partition coefficient (Wildman–Crippen LogP) is 1.89. The average Bonchev–Trinajstić information content (AvgIpc) is 2.96. The highest BCUT2D eigenvalue weighted by atomic mass is 35.5. The Hall–Kier alpha value is -2.54. The summed E-state index contributed by atoms with van der Waals surface area (Å²) in [6.45, 7) is 1.84. The molecule has 1 aromatic carbocycles. The molecule has 0 radical (unpaired) electrons. The fourth-order valence-electron chi connectivity index (χ4n) is 2.01. The lowest BCUT2D eigenvalue weighted by Crippen LogP contribution is -2.38. The van der Waals surface area contributed by atoms with E-state index >= 15 is 0 Å². The van der Waals surface area contributed by atoms with Gasteiger partial charge in [0.15, 0.2) is 6.10 Å². The van der Waals surface area contributed by atoms with Crippen LogP contribution in [0.15, 0.2) is 36.5 Å². The molecule has 2 rings (SSSR count). The fourth-order valence-corrected chi connectivity index (χ4v) is 2.19. The molecule has 0 saturated heterocycles. The third-order valence-electron chi connectivity index (χ3n) is 3.45. The number of carbonyl (C=O) groups is 2. The van der Waals surface area contributed by atoms with Crippen LogP contribution in [-0.4, -0.2) is 53.2 Å². The second kappa shape index (κ2) is 8.53. The third-order valence-corrected chi connectivity index (χ3v) is 3.71. The maximum Gasteiger partial charge on any atom is 0.260 e. The molecular formula is C17H21ClN4O3. The van der Waals surface area contributed by atoms with E-state index in [1.165, 1.54) is 4.90 Å². The number of amides is 2. The third kappa shape index (κ3) is 5.22. The summed E-state index contributed by atoms with van der Waals surface area (Å²) in [5.41, 5.74) is 0.832. The van der Waals surface area contributed by atoms with E-state index in [1.54, 1.807) is 31.9 Å². The summed E-state index contributed by atoms with van der Waals surface area (Å²) in [5, 5.41) is 7.22. The SMILES string of the molecule is C[C@H](Oc1nn(-c2ccccc2)cc1Cl)C(=O)NCCC(=O)N(C)C. The number of hydrogen-bond donors (Lipinski definition) is 1. The van der Waals surface area contributed by atoms with Gasteiger partial charge < -0.3 is 15.0 Å². The zero-order valence-electron chi connectivity index (χ0n) is 14.4. The van der Waals surface area contributed by atoms with Crippen LogP contribution in [0, 0.1) is 0 Å². The van der Waals surface area contributed by atoms with E-state index < -0.39 is 6.10 Å². The number of rotatable bonds is 7. The molecule has 1 N–H and O–H groups in total. The lowest BCUT2D eigenvalue weighted by Gasteiger charge is -2.14. The van der Waals surface area contributed by atoms with Crippen molar-refractivity contribution in [1.29, 1.82) is 0 Å². The summed E-state index contributed by atoms with van der Waals surface area (Å²) in [7, 11) is 3.34. The Morgan fingerprint density at radius 3 is 2.64 bits per heavy atom. The van der Waals surface area contributed by atoms with Crippen LogP contribution in [0.4, 0.5) is 0 Å². The molecule has 0 aliphatic heterocycles. The van der Waals surface area contributed by atoms with Crippen LogP contribution in [-0.2, 0) is 9.59 Å². The van der Waals surface area contributed by atoms with Gasteiger partial charge in [0, 0.05) is 27.1 Å². The van der Waals surface area contributed by atoms with Crippen LogP contribution in [0.5, 0.6) is 5.88 Å². The van der Waals surface area contributed by atoms with Crippen molar-refractivity contribution in [2.24, 2.45) is 0 Å². The summed E-state index contributed by atoms with van der Waals surface area (Å²) < 4.78 is 7.12. The minimum Gasteiger partial charge on any atom is -0.462 e. The molecule has 0 aliphatic carbocycles. The maximum absolute atomic E-state index is 12.0. The van der Waals surface area contributed by atoms with Crippen molar-refractivity contribution in [2.45, 2.75) is 19.4 Å². The fraction of sp³-hybridized carbons (Fsp3) is 0.353. The average molecular weight is 365 g/mol. The first-order chi connectivity index (χ1) is 11.9. The number of nitrogens with one attached hydrogen (secondary N) is 1. The Morgan fingerprint density at radius 2 is 2.00 bits per heavy atom. The van der Waals surface area contributed by atoms with Crippen LogP contribution in [0.2, 0.25) is 5.02 Å². The summed E-state index contributed by atoms with van der Waals surface area (Å²) >= 11 is 6.13. The van der Waals surface area contributed by atoms with E-state index in [4.69, 9.17) is 16.3 Å². The number of aromatic nitrogens is 2. The molecule has 0 unspecified atom stereocenters. The van der Waals surface area contributed by atoms with Crippen molar-refractivity contribution in [3.8, 4) is 11.6 Å². The Balaban J connectivity index is 1.92. The molecule has 8 heteroatoms. The molecule has 2 amide bonds. The first-order valence-electron chi connectivity index (χ1n) is 7.83. The van der Waals surface area contributed by atoms with E-state index in [1.807, 2.05) is 30.3 Å². The molecule has 0 aliphatic rings. The smallest absolute Gasteiger partial charge is 0.260 e. The van der Waals surface area contributed by atoms with Crippen molar-refractivity contribution < 1.29 is 14.3 Å². The van der Waals surface area contributed by atoms with Gasteiger partial charge in [0.05, 0.1) is 11.9 Å². The molecule has 1 aromatic heterocycles. The van der Waals surface area contributed by atoms with Crippen LogP contribution in [0.1, 0.15) is 13.3 Å². The lowest BCUT2D eigenvalue weighted by molar-refractivity contribution is -0.129. The van der Waals surface area contributed by atoms with Gasteiger partial charge in [-0.05, 0) is 19.1 Å². The Kier molecular flexibility index (Phi) is 6.41. The van der Waals surface area contributed by atoms with Gasteiger partial charge >= 0.3 is 0 Å². The normalized spacial score (nSPS) is 11.7. The molecule has 7 nitrogen and oxygen atoms in total. The number of ether oxygens (including phenoxy) is 1. The molecule has 0 fully saturated rings. The Morgan fingerprint density at radius 1 is 1.32 bits per heavy atom. The van der Waals surface area contributed by atoms with Crippen LogP contribution < -0.4 is 10.1 Å². The number of benzene rings is 1. The van der Waals surface area contributed by atoms with E-state index in [0.29, 0.717) is 5.02 Å². The number of hydrogen-bond acceptors (Lipinski definition) is 4. The van der Waals surface area contributed by atoms with E-state index in [0.717, 1.165) is 5.69 Å². The van der Waals surface area contributed by atoms with Gasteiger partial charge in [-0.1, -0.05) is 29.8 Å². The van der Waals surface area contributed by atoms with Crippen molar-refractivity contribution >= 4 is 23.4 Å². The van der Waals surface area contributed by atoms with E-state index in [9.17, 15) is 9.59 Å². The summed E-state index contributed by atoms with van der Waals surface area (Å²) in [5.74, 6) is -0.215. The summed E-state index contributed by atoms with van der Waals surface area (Å²) in [6, 6.07) is 9.43. The number of para-hydroxylation sites is 1. The van der Waals surface area contributed by atoms with Gasteiger partial charge in [0.25, 0.3) is 11.8 Å². The second-order valence-electron chi connectivity index (χ2n) is 5.65. The Bertz CT molecular complexity index is 731. The minimum absolute atomic E-state index is 0.0569. The minimum atomic E-state index is -0.786. The maximum atomic E-state index is 12.0. The van der Waals surface area contributed by atoms with Crippen molar-refractivity contribution in [3.05, 3.63) is 41.6 Å². The molecule has 0 bridgehead atoms. The van der Waals surface area contributed by atoms with Crippen molar-refractivity contribution in [3.63, 3.8) is 0 Å². The highest BCUT2D eigenvalue weighted by Gasteiger charge is 2.19. The standard InChI is InChI=1S/C17H21ClN4O3/c1-12(16(24)19-10-9-15(23)21(2)3)25-17-14(18)11-22(20-17)13-7-5-4-6-8-13/h4-8,11-12H,9-10H2,1-3H3,(H,19,24)/t12-/m0/s1. The zero-order chi connectivity index (χ0) is 18.4. The largest absolute Gasteiger partial charge is 0.462 e. The summed E-state index contributed by atoms with van der Waals surface area (Å²) in [6.07, 6.45) is 1.06. The molecule has 0 spiro atoms. The highest BCUT2D eigenvalue weighted by molar-refractivity contribution is 6.31. The first-order valence-corrected chi connectivity index (χ1v) is 8.21. The molecule has 1 atom stereocenters. The molecule has 25 heavy (non-hydrogen) atoms. The molecule has 1 heterocycles. The van der Waals surface area contributed by atoms with Gasteiger partial charge in [-0.3, -0.25) is 9.59 Å². The zero-order valence-corrected chi connectivity index (χ0v) is 15.2. The van der Waals surface area contributed by atoms with Crippen molar-refractivity contribution in [1.82, 2.24) is 20.0 Å².